The Balaban J connectivity index is 4.97. The Hall–Kier alpha value is -1.51. The zero-order valence-electron chi connectivity index (χ0n) is 10.1. The predicted molar refractivity (Wildman–Crippen MR) is 65.3 cm³/mol. The molecule has 0 radical (unpaired) electrons. The molecule has 0 aliphatic carbocycles. The molecule has 90 valence electrons. The van der Waals surface area contributed by atoms with Crippen molar-refractivity contribution in [2.45, 2.75) is 33.6 Å². The molecule has 0 amide bonds. The fourth-order valence-electron chi connectivity index (χ4n) is 1.55. The van der Waals surface area contributed by atoms with Crippen molar-refractivity contribution >= 4 is 5.97 Å². The van der Waals surface area contributed by atoms with Crippen LogP contribution in [0.1, 0.15) is 33.6 Å². The smallest absolute Gasteiger partial charge is 0.317 e. The van der Waals surface area contributed by atoms with Crippen LogP contribution in [0, 0.1) is 5.41 Å². The highest BCUT2D eigenvalue weighted by atomic mass is 16.4. The monoisotopic (exact) mass is 224 g/mol. The average molecular weight is 224 g/mol. The topological polar surface area (TPSA) is 57.5 Å². The molecule has 3 nitrogen and oxygen atoms in total. The summed E-state index contributed by atoms with van der Waals surface area (Å²) >= 11 is 0. The molecule has 0 saturated heterocycles. The minimum absolute atomic E-state index is 0.222. The van der Waals surface area contributed by atoms with Crippen molar-refractivity contribution in [1.29, 1.82) is 0 Å². The lowest BCUT2D eigenvalue weighted by Gasteiger charge is -2.22. The van der Waals surface area contributed by atoms with Gasteiger partial charge in [-0.05, 0) is 33.3 Å². The molecular weight excluding hydrogens is 204 g/mol. The Bertz CT molecular complexity index is 299. The molecule has 0 aliphatic rings. The first kappa shape index (κ1) is 14.5. The van der Waals surface area contributed by atoms with Crippen molar-refractivity contribution in [3.05, 3.63) is 36.1 Å². The van der Waals surface area contributed by atoms with Crippen LogP contribution in [-0.4, -0.2) is 16.2 Å². The van der Waals surface area contributed by atoms with Crippen LogP contribution >= 0.6 is 0 Å². The number of aliphatic hydroxyl groups is 1. The second kappa shape index (κ2) is 6.88. The Labute approximate surface area is 96.8 Å². The van der Waals surface area contributed by atoms with Crippen molar-refractivity contribution in [2.75, 3.05) is 0 Å². The van der Waals surface area contributed by atoms with Gasteiger partial charge in [-0.2, -0.15) is 0 Å². The molecule has 0 aromatic rings. The van der Waals surface area contributed by atoms with Crippen LogP contribution in [0.2, 0.25) is 0 Å². The van der Waals surface area contributed by atoms with Gasteiger partial charge in [0.1, 0.15) is 5.41 Å². The van der Waals surface area contributed by atoms with Crippen LogP contribution in [-0.2, 0) is 4.79 Å². The van der Waals surface area contributed by atoms with Gasteiger partial charge >= 0.3 is 5.97 Å². The van der Waals surface area contributed by atoms with E-state index >= 15 is 0 Å². The van der Waals surface area contributed by atoms with Crippen molar-refractivity contribution in [2.24, 2.45) is 5.41 Å². The van der Waals surface area contributed by atoms with Gasteiger partial charge < -0.3 is 10.2 Å². The van der Waals surface area contributed by atoms with Gasteiger partial charge in [0.25, 0.3) is 0 Å². The highest BCUT2D eigenvalue weighted by Gasteiger charge is 2.32. The standard InChI is InChI=1S/C13H20O3/c1-4-8-13(9-5-2,12(15)16)10-7-11(14)6-3/h4-6,8-9,14H,7,10H2,1-3H3,(H,15,16)/b8-4-,9-5-,11-6-. The Morgan fingerprint density at radius 2 is 1.62 bits per heavy atom. The maximum absolute atomic E-state index is 11.3. The molecule has 2 N–H and O–H groups in total. The molecule has 0 saturated carbocycles. The second-order valence-electron chi connectivity index (χ2n) is 3.63. The van der Waals surface area contributed by atoms with Gasteiger partial charge in [0.05, 0.1) is 5.76 Å². The molecule has 0 aromatic heterocycles. The van der Waals surface area contributed by atoms with Gasteiger partial charge in [-0.15, -0.1) is 0 Å². The van der Waals surface area contributed by atoms with Crippen LogP contribution in [0.3, 0.4) is 0 Å². The van der Waals surface area contributed by atoms with E-state index < -0.39 is 11.4 Å². The van der Waals surface area contributed by atoms with Crippen LogP contribution in [0.15, 0.2) is 36.1 Å². The number of allylic oxidation sites excluding steroid dienone is 4. The molecule has 0 fully saturated rings. The van der Waals surface area contributed by atoms with E-state index in [0.717, 1.165) is 0 Å². The lowest BCUT2D eigenvalue weighted by atomic mass is 9.82. The van der Waals surface area contributed by atoms with Crippen LogP contribution in [0.25, 0.3) is 0 Å². The van der Waals surface area contributed by atoms with Crippen molar-refractivity contribution in [1.82, 2.24) is 0 Å². The van der Waals surface area contributed by atoms with Crippen molar-refractivity contribution in [3.63, 3.8) is 0 Å². The number of carbonyl (C=O) groups is 1. The molecule has 0 unspecified atom stereocenters. The molecule has 0 aliphatic heterocycles. The van der Waals surface area contributed by atoms with E-state index in [9.17, 15) is 15.0 Å². The van der Waals surface area contributed by atoms with Crippen molar-refractivity contribution < 1.29 is 15.0 Å². The minimum Gasteiger partial charge on any atom is -0.513 e. The summed E-state index contributed by atoms with van der Waals surface area (Å²) < 4.78 is 0. The molecule has 0 atom stereocenters. The van der Waals surface area contributed by atoms with E-state index in [1.54, 1.807) is 51.2 Å². The fourth-order valence-corrected chi connectivity index (χ4v) is 1.55. The van der Waals surface area contributed by atoms with E-state index in [-0.39, 0.29) is 5.76 Å². The zero-order valence-corrected chi connectivity index (χ0v) is 10.1. The molecule has 0 aromatic carbocycles. The minimum atomic E-state index is -1.01. The second-order valence-corrected chi connectivity index (χ2v) is 3.63. The molecule has 0 rings (SSSR count). The Kier molecular flexibility index (Phi) is 6.23. The highest BCUT2D eigenvalue weighted by Crippen LogP contribution is 2.29. The zero-order chi connectivity index (χ0) is 12.6. The van der Waals surface area contributed by atoms with E-state index in [1.165, 1.54) is 0 Å². The molecule has 3 heteroatoms. The number of carboxylic acid groups (broad SMARTS) is 1. The summed E-state index contributed by atoms with van der Waals surface area (Å²) in [5, 5.41) is 18.6. The summed E-state index contributed by atoms with van der Waals surface area (Å²) in [7, 11) is 0. The molecule has 0 heterocycles. The summed E-state index contributed by atoms with van der Waals surface area (Å²) in [6.45, 7) is 5.30. The van der Waals surface area contributed by atoms with Gasteiger partial charge in [0.15, 0.2) is 0 Å². The number of hydrogen-bond acceptors (Lipinski definition) is 2. The maximum atomic E-state index is 11.3. The normalized spacial score (nSPS) is 13.8. The number of rotatable bonds is 6. The van der Waals surface area contributed by atoms with Gasteiger partial charge in [0, 0.05) is 6.42 Å². The summed E-state index contributed by atoms with van der Waals surface area (Å²) in [5.74, 6) is -0.674. The number of hydrogen-bond donors (Lipinski definition) is 2. The van der Waals surface area contributed by atoms with Gasteiger partial charge in [-0.3, -0.25) is 4.79 Å². The van der Waals surface area contributed by atoms with Crippen molar-refractivity contribution in [3.8, 4) is 0 Å². The summed E-state index contributed by atoms with van der Waals surface area (Å²) in [6, 6.07) is 0. The third-order valence-electron chi connectivity index (χ3n) is 2.45. The molecule has 16 heavy (non-hydrogen) atoms. The van der Waals surface area contributed by atoms with Gasteiger partial charge in [0.2, 0.25) is 0 Å². The number of aliphatic hydroxyl groups excluding tert-OH is 1. The van der Waals surface area contributed by atoms with E-state index in [0.29, 0.717) is 12.8 Å². The van der Waals surface area contributed by atoms with E-state index in [4.69, 9.17) is 0 Å². The molecular formula is C13H20O3. The molecule has 0 spiro atoms. The SMILES string of the molecule is C/C=C\C(/C=C\C)(CC/C(O)=C/C)C(=O)O. The number of aliphatic carboxylic acids is 1. The quantitative estimate of drug-likeness (QED) is 0.536. The third-order valence-corrected chi connectivity index (χ3v) is 2.45. The Morgan fingerprint density at radius 3 is 1.94 bits per heavy atom. The summed E-state index contributed by atoms with van der Waals surface area (Å²) in [4.78, 5) is 11.3. The largest absolute Gasteiger partial charge is 0.513 e. The summed E-state index contributed by atoms with van der Waals surface area (Å²) in [6.07, 6.45) is 9.04. The third kappa shape index (κ3) is 3.93. The van der Waals surface area contributed by atoms with Crippen LogP contribution in [0.4, 0.5) is 0 Å². The van der Waals surface area contributed by atoms with Crippen LogP contribution < -0.4 is 0 Å². The van der Waals surface area contributed by atoms with Gasteiger partial charge in [-0.1, -0.05) is 24.3 Å². The molecule has 0 bridgehead atoms. The first-order chi connectivity index (χ1) is 7.52. The Morgan fingerprint density at radius 1 is 1.12 bits per heavy atom. The first-order valence-corrected chi connectivity index (χ1v) is 5.37. The van der Waals surface area contributed by atoms with Gasteiger partial charge in [-0.25, -0.2) is 0 Å². The van der Waals surface area contributed by atoms with E-state index in [2.05, 4.69) is 0 Å². The lowest BCUT2D eigenvalue weighted by molar-refractivity contribution is -0.143. The van der Waals surface area contributed by atoms with E-state index in [1.807, 2.05) is 0 Å². The lowest BCUT2D eigenvalue weighted by Crippen LogP contribution is -2.26. The number of carboxylic acids is 1. The average Bonchev–Trinajstić information content (AvgIpc) is 2.25. The van der Waals surface area contributed by atoms with Crippen LogP contribution in [0.5, 0.6) is 0 Å². The first-order valence-electron chi connectivity index (χ1n) is 5.37. The summed E-state index contributed by atoms with van der Waals surface area (Å²) in [5.41, 5.74) is -1.01. The highest BCUT2D eigenvalue weighted by molar-refractivity contribution is 5.79. The maximum Gasteiger partial charge on any atom is 0.317 e. The predicted octanol–water partition coefficient (Wildman–Crippen LogP) is 3.45. The fraction of sp³-hybridized carbons (Fsp3) is 0.462.